The highest BCUT2D eigenvalue weighted by Crippen LogP contribution is 2.30. The molecule has 3 heterocycles. The van der Waals surface area contributed by atoms with E-state index in [1.807, 2.05) is 39.0 Å². The van der Waals surface area contributed by atoms with Crippen molar-refractivity contribution >= 4 is 57.5 Å². The number of pyridine rings is 2. The lowest BCUT2D eigenvalue weighted by molar-refractivity contribution is 0.251. The molecule has 0 saturated heterocycles. The molecule has 2 N–H and O–H groups in total. The summed E-state index contributed by atoms with van der Waals surface area (Å²) in [5.74, 6) is 0.556. The van der Waals surface area contributed by atoms with Crippen molar-refractivity contribution in [2.75, 3.05) is 36.4 Å². The largest absolute Gasteiger partial charge is 0.377 e. The van der Waals surface area contributed by atoms with Gasteiger partial charge in [0, 0.05) is 39.9 Å². The van der Waals surface area contributed by atoms with Gasteiger partial charge in [0.15, 0.2) is 11.5 Å². The molecule has 3 rings (SSSR count). The molecule has 0 bridgehead atoms. The smallest absolute Gasteiger partial charge is 0.338 e. The molecule has 0 saturated carbocycles. The third-order valence-corrected chi connectivity index (χ3v) is 4.44. The Morgan fingerprint density at radius 1 is 1.11 bits per heavy atom. The Balaban J connectivity index is 1.85. The van der Waals surface area contributed by atoms with Crippen LogP contribution in [0.2, 0.25) is 10.3 Å². The summed E-state index contributed by atoms with van der Waals surface area (Å²) in [6.45, 7) is 1.94. The number of urea groups is 1. The van der Waals surface area contributed by atoms with Gasteiger partial charge in [-0.2, -0.15) is 5.10 Å². The summed E-state index contributed by atoms with van der Waals surface area (Å²) < 4.78 is 1.72. The lowest BCUT2D eigenvalue weighted by Gasteiger charge is -2.22. The zero-order valence-electron chi connectivity index (χ0n) is 16.1. The summed E-state index contributed by atoms with van der Waals surface area (Å²) in [6.07, 6.45) is 0. The van der Waals surface area contributed by atoms with Crippen LogP contribution in [0.15, 0.2) is 18.2 Å². The number of halogens is 2. The summed E-state index contributed by atoms with van der Waals surface area (Å²) in [6, 6.07) is 4.41. The second-order valence-electron chi connectivity index (χ2n) is 6.43. The Kier molecular flexibility index (Phi) is 5.48. The van der Waals surface area contributed by atoms with Gasteiger partial charge < -0.3 is 10.2 Å². The fourth-order valence-electron chi connectivity index (χ4n) is 2.84. The van der Waals surface area contributed by atoms with Crippen molar-refractivity contribution in [3.63, 3.8) is 0 Å². The molecule has 9 nitrogen and oxygen atoms in total. The maximum Gasteiger partial charge on any atom is 0.338 e. The minimum atomic E-state index is -0.477. The number of hydrazine groups is 1. The molecule has 0 aliphatic heterocycles. The van der Waals surface area contributed by atoms with E-state index in [1.54, 1.807) is 11.7 Å². The number of nitrogens with zero attached hydrogens (tertiary/aromatic N) is 6. The lowest BCUT2D eigenvalue weighted by atomic mass is 10.2. The second-order valence-corrected chi connectivity index (χ2v) is 7.20. The van der Waals surface area contributed by atoms with Crippen LogP contribution >= 0.6 is 23.2 Å². The van der Waals surface area contributed by atoms with E-state index >= 15 is 0 Å². The molecule has 0 aliphatic carbocycles. The molecule has 0 fully saturated rings. The van der Waals surface area contributed by atoms with Gasteiger partial charge in [-0.15, -0.1) is 0 Å². The molecular formula is C17H20Cl2N8O. The zero-order chi connectivity index (χ0) is 20.6. The summed E-state index contributed by atoms with van der Waals surface area (Å²) >= 11 is 11.7. The average molecular weight is 423 g/mol. The summed E-state index contributed by atoms with van der Waals surface area (Å²) in [5.41, 5.74) is 5.70. The predicted molar refractivity (Wildman–Crippen MR) is 112 cm³/mol. The van der Waals surface area contributed by atoms with Gasteiger partial charge >= 0.3 is 6.03 Å². The van der Waals surface area contributed by atoms with Crippen LogP contribution in [-0.4, -0.2) is 46.9 Å². The van der Waals surface area contributed by atoms with Gasteiger partial charge in [-0.05, 0) is 19.1 Å². The third kappa shape index (κ3) is 4.05. The molecular weight excluding hydrogens is 403 g/mol. The SMILES string of the molecule is Cc1nn(C)c2nc(N(C)NC(=O)Nc3cc(Cl)nc(Cl)c3)cc(N(C)C)c12. The number of carbonyl (C=O) groups is 1. The van der Waals surface area contributed by atoms with Crippen molar-refractivity contribution < 1.29 is 4.79 Å². The fourth-order valence-corrected chi connectivity index (χ4v) is 3.30. The highest BCUT2D eigenvalue weighted by atomic mass is 35.5. The van der Waals surface area contributed by atoms with Crippen molar-refractivity contribution in [3.05, 3.63) is 34.2 Å². The van der Waals surface area contributed by atoms with E-state index in [0.29, 0.717) is 11.5 Å². The average Bonchev–Trinajstić information content (AvgIpc) is 2.87. The van der Waals surface area contributed by atoms with Crippen LogP contribution < -0.4 is 20.7 Å². The highest BCUT2D eigenvalue weighted by Gasteiger charge is 2.17. The maximum atomic E-state index is 12.3. The second kappa shape index (κ2) is 7.69. The van der Waals surface area contributed by atoms with Gasteiger partial charge in [-0.3, -0.25) is 9.69 Å². The van der Waals surface area contributed by atoms with Crippen molar-refractivity contribution in [1.82, 2.24) is 25.2 Å². The quantitative estimate of drug-likeness (QED) is 0.495. The first-order chi connectivity index (χ1) is 13.2. The first kappa shape index (κ1) is 20.0. The van der Waals surface area contributed by atoms with Crippen molar-refractivity contribution in [1.29, 1.82) is 0 Å². The lowest BCUT2D eigenvalue weighted by Crippen LogP contribution is -2.42. The predicted octanol–water partition coefficient (Wildman–Crippen LogP) is 3.22. The van der Waals surface area contributed by atoms with Gasteiger partial charge in [0.25, 0.3) is 0 Å². The van der Waals surface area contributed by atoms with Crippen LogP contribution in [0.3, 0.4) is 0 Å². The number of aryl methyl sites for hydroxylation is 2. The molecule has 11 heteroatoms. The monoisotopic (exact) mass is 422 g/mol. The van der Waals surface area contributed by atoms with Gasteiger partial charge in [0.05, 0.1) is 16.8 Å². The first-order valence-electron chi connectivity index (χ1n) is 8.32. The Morgan fingerprint density at radius 3 is 2.36 bits per heavy atom. The van der Waals surface area contributed by atoms with Crippen LogP contribution in [0.5, 0.6) is 0 Å². The topological polar surface area (TPSA) is 91.2 Å². The maximum absolute atomic E-state index is 12.3. The molecule has 0 aliphatic rings. The molecule has 28 heavy (non-hydrogen) atoms. The number of carbonyl (C=O) groups excluding carboxylic acids is 1. The molecule has 3 aromatic rings. The van der Waals surface area contributed by atoms with Gasteiger partial charge in [0.2, 0.25) is 0 Å². The number of amides is 2. The van der Waals surface area contributed by atoms with E-state index in [0.717, 1.165) is 22.4 Å². The van der Waals surface area contributed by atoms with Gasteiger partial charge in [0.1, 0.15) is 10.3 Å². The van der Waals surface area contributed by atoms with Crippen molar-refractivity contribution in [2.45, 2.75) is 6.92 Å². The molecule has 0 aromatic carbocycles. The molecule has 2 amide bonds. The van der Waals surface area contributed by atoms with Crippen molar-refractivity contribution in [2.24, 2.45) is 7.05 Å². The first-order valence-corrected chi connectivity index (χ1v) is 9.07. The summed E-state index contributed by atoms with van der Waals surface area (Å²) in [5, 5.41) is 9.96. The minimum absolute atomic E-state index is 0.186. The molecule has 3 aromatic heterocycles. The van der Waals surface area contributed by atoms with Crippen LogP contribution in [0.1, 0.15) is 5.69 Å². The Hall–Kier alpha value is -2.78. The molecule has 0 atom stereocenters. The Morgan fingerprint density at radius 2 is 1.75 bits per heavy atom. The number of hydrogen-bond donors (Lipinski definition) is 2. The van der Waals surface area contributed by atoms with Gasteiger partial charge in [-0.25, -0.2) is 20.2 Å². The zero-order valence-corrected chi connectivity index (χ0v) is 17.6. The van der Waals surface area contributed by atoms with Crippen LogP contribution in [0.4, 0.5) is 22.0 Å². The number of nitrogens with one attached hydrogen (secondary N) is 2. The minimum Gasteiger partial charge on any atom is -0.377 e. The molecule has 0 radical (unpaired) electrons. The fraction of sp³-hybridized carbons (Fsp3) is 0.294. The van der Waals surface area contributed by atoms with Crippen LogP contribution in [0.25, 0.3) is 11.0 Å². The number of rotatable bonds is 4. The number of fused-ring (bicyclic) bond motifs is 1. The van der Waals surface area contributed by atoms with E-state index in [1.165, 1.54) is 17.1 Å². The van der Waals surface area contributed by atoms with E-state index in [4.69, 9.17) is 23.2 Å². The van der Waals surface area contributed by atoms with Crippen LogP contribution in [0, 0.1) is 6.92 Å². The van der Waals surface area contributed by atoms with Gasteiger partial charge in [-0.1, -0.05) is 23.2 Å². The molecule has 148 valence electrons. The number of anilines is 3. The highest BCUT2D eigenvalue weighted by molar-refractivity contribution is 6.33. The Labute approximate surface area is 172 Å². The third-order valence-electron chi connectivity index (χ3n) is 4.05. The molecule has 0 spiro atoms. The molecule has 0 unspecified atom stereocenters. The van der Waals surface area contributed by atoms with E-state index in [2.05, 4.69) is 25.8 Å². The van der Waals surface area contributed by atoms with E-state index < -0.39 is 6.03 Å². The summed E-state index contributed by atoms with van der Waals surface area (Å²) in [4.78, 5) is 22.8. The number of aromatic nitrogens is 4. The standard InChI is InChI=1S/C17H20Cl2N8O/c1-9-15-11(25(2)3)8-14(22-16(15)27(5)23-9)26(4)24-17(28)20-10-6-12(18)21-13(19)7-10/h6-8H,1-5H3,(H2,20,21,24,28). The summed E-state index contributed by atoms with van der Waals surface area (Å²) in [7, 11) is 7.43. The van der Waals surface area contributed by atoms with Crippen LogP contribution in [-0.2, 0) is 7.05 Å². The van der Waals surface area contributed by atoms with E-state index in [9.17, 15) is 4.79 Å². The van der Waals surface area contributed by atoms with Crippen molar-refractivity contribution in [3.8, 4) is 0 Å². The normalized spacial score (nSPS) is 10.8. The van der Waals surface area contributed by atoms with E-state index in [-0.39, 0.29) is 10.3 Å². The Bertz CT molecular complexity index is 1030. The number of hydrogen-bond acceptors (Lipinski definition) is 6.